The first kappa shape index (κ1) is 28.7. The number of hydrogen-bond acceptors (Lipinski definition) is 11. The minimum absolute atomic E-state index is 0.0995. The van der Waals surface area contributed by atoms with Crippen molar-refractivity contribution in [2.45, 2.75) is 4.90 Å². The molecule has 0 saturated carbocycles. The van der Waals surface area contributed by atoms with Crippen molar-refractivity contribution in [1.29, 1.82) is 0 Å². The first-order chi connectivity index (χ1) is 19.3. The van der Waals surface area contributed by atoms with Crippen LogP contribution in [0.25, 0.3) is 22.2 Å². The molecule has 3 heterocycles. The molecule has 0 aliphatic carbocycles. The zero-order chi connectivity index (χ0) is 29.5. The lowest BCUT2D eigenvalue weighted by molar-refractivity contribution is 0.415. The number of aryl methyl sites for hydroxylation is 1. The monoisotopic (exact) mass is 656 g/mol. The van der Waals surface area contributed by atoms with Crippen molar-refractivity contribution in [3.63, 3.8) is 0 Å². The topological polar surface area (TPSA) is 154 Å². The van der Waals surface area contributed by atoms with Crippen LogP contribution in [0.15, 0.2) is 64.6 Å². The molecule has 0 aliphatic rings. The maximum atomic E-state index is 13.3. The number of benzene rings is 2. The molecule has 12 nitrogen and oxygen atoms in total. The van der Waals surface area contributed by atoms with Gasteiger partial charge in [-0.3, -0.25) is 14.6 Å². The molecule has 41 heavy (non-hydrogen) atoms. The van der Waals surface area contributed by atoms with E-state index in [9.17, 15) is 13.0 Å². The van der Waals surface area contributed by atoms with Crippen molar-refractivity contribution in [3.8, 4) is 16.9 Å². The molecule has 0 atom stereocenters. The van der Waals surface area contributed by atoms with E-state index in [-0.39, 0.29) is 16.6 Å². The van der Waals surface area contributed by atoms with Crippen LogP contribution in [0.1, 0.15) is 0 Å². The summed E-state index contributed by atoms with van der Waals surface area (Å²) in [4.78, 5) is 17.9. The van der Waals surface area contributed by atoms with Gasteiger partial charge in [-0.15, -0.1) is 0 Å². The number of fused-ring (bicyclic) bond motifs is 1. The lowest BCUT2D eigenvalue weighted by atomic mass is 10.1. The lowest BCUT2D eigenvalue weighted by Gasteiger charge is -2.18. The number of nitrogens with zero attached hydrogens (tertiary/aromatic N) is 6. The zero-order valence-corrected chi connectivity index (χ0v) is 26.0. The Morgan fingerprint density at radius 3 is 2.44 bits per heavy atom. The molecule has 0 saturated heterocycles. The highest BCUT2D eigenvalue weighted by Crippen LogP contribution is 2.42. The number of rotatable bonds is 8. The third-order valence-electron chi connectivity index (χ3n) is 6.11. The van der Waals surface area contributed by atoms with E-state index in [4.69, 9.17) is 4.74 Å². The van der Waals surface area contributed by atoms with Crippen molar-refractivity contribution < 1.29 is 17.7 Å². The van der Waals surface area contributed by atoms with Crippen LogP contribution in [0.4, 0.5) is 23.1 Å². The van der Waals surface area contributed by atoms with Crippen LogP contribution in [0.2, 0.25) is 0 Å². The number of methoxy groups -OCH3 is 1. The number of halogens is 1. The van der Waals surface area contributed by atoms with Gasteiger partial charge in [0.2, 0.25) is 5.95 Å². The quantitative estimate of drug-likeness (QED) is 0.223. The Morgan fingerprint density at radius 2 is 1.78 bits per heavy atom. The number of aromatic nitrogens is 6. The first-order valence-electron chi connectivity index (χ1n) is 12.1. The fraction of sp³-hybridized carbons (Fsp3) is 0.192. The van der Waals surface area contributed by atoms with Crippen molar-refractivity contribution in [1.82, 2.24) is 29.7 Å². The molecule has 5 aromatic rings. The molecule has 0 bridgehead atoms. The predicted molar refractivity (Wildman–Crippen MR) is 163 cm³/mol. The summed E-state index contributed by atoms with van der Waals surface area (Å²) in [5, 5.41) is 11.1. The number of sulfone groups is 1. The summed E-state index contributed by atoms with van der Waals surface area (Å²) in [6.07, 6.45) is 9.17. The first-order valence-corrected chi connectivity index (χ1v) is 17.4. The third kappa shape index (κ3) is 5.95. The number of ether oxygens (including phenoxy) is 1. The number of nitrogens with one attached hydrogen (secondary N) is 2. The largest absolute Gasteiger partial charge is 0.495 e. The average Bonchev–Trinajstić information content (AvgIpc) is 3.35. The zero-order valence-electron chi connectivity index (χ0n) is 22.7. The van der Waals surface area contributed by atoms with E-state index in [1.54, 1.807) is 74.2 Å². The Bertz CT molecular complexity index is 1960. The van der Waals surface area contributed by atoms with Crippen LogP contribution in [-0.2, 0) is 21.4 Å². The summed E-state index contributed by atoms with van der Waals surface area (Å²) in [7, 11) is -3.19. The minimum Gasteiger partial charge on any atom is -0.495 e. The van der Waals surface area contributed by atoms with E-state index >= 15 is 0 Å². The van der Waals surface area contributed by atoms with E-state index in [0.717, 1.165) is 6.26 Å². The van der Waals surface area contributed by atoms with E-state index in [2.05, 4.69) is 51.6 Å². The summed E-state index contributed by atoms with van der Waals surface area (Å²) in [5.74, 6) is 0.892. The van der Waals surface area contributed by atoms with Crippen molar-refractivity contribution in [2.24, 2.45) is 7.05 Å². The fourth-order valence-corrected chi connectivity index (χ4v) is 6.93. The molecule has 3 aromatic heterocycles. The second-order valence-electron chi connectivity index (χ2n) is 9.60. The smallest absolute Gasteiger partial charge is 0.229 e. The Balaban J connectivity index is 1.57. The van der Waals surface area contributed by atoms with Gasteiger partial charge < -0.3 is 19.9 Å². The maximum Gasteiger partial charge on any atom is 0.229 e. The van der Waals surface area contributed by atoms with Crippen molar-refractivity contribution >= 4 is 72.4 Å². The van der Waals surface area contributed by atoms with Gasteiger partial charge in [0.05, 0.1) is 44.9 Å². The number of anilines is 4. The molecule has 5 rings (SSSR count). The highest BCUT2D eigenvalue weighted by atomic mass is 79.9. The molecule has 0 amide bonds. The van der Waals surface area contributed by atoms with Crippen LogP contribution < -0.4 is 20.7 Å². The fourth-order valence-electron chi connectivity index (χ4n) is 4.35. The van der Waals surface area contributed by atoms with Gasteiger partial charge in [0.15, 0.2) is 9.84 Å². The minimum atomic E-state index is -3.60. The Labute approximate surface area is 245 Å². The van der Waals surface area contributed by atoms with Crippen LogP contribution in [0.3, 0.4) is 0 Å². The van der Waals surface area contributed by atoms with E-state index in [1.807, 2.05) is 0 Å². The molecule has 2 N–H and O–H groups in total. The van der Waals surface area contributed by atoms with Crippen molar-refractivity contribution in [3.05, 3.63) is 59.7 Å². The van der Waals surface area contributed by atoms with Crippen LogP contribution >= 0.6 is 23.1 Å². The van der Waals surface area contributed by atoms with Gasteiger partial charge in [-0.1, -0.05) is 0 Å². The van der Waals surface area contributed by atoms with Gasteiger partial charge in [-0.25, -0.2) is 13.4 Å². The molecule has 212 valence electrons. The Hall–Kier alpha value is -3.87. The second-order valence-corrected chi connectivity index (χ2v) is 15.6. The van der Waals surface area contributed by atoms with Crippen molar-refractivity contribution in [2.75, 3.05) is 37.3 Å². The molecule has 0 spiro atoms. The van der Waals surface area contributed by atoms with Gasteiger partial charge in [0.1, 0.15) is 24.2 Å². The summed E-state index contributed by atoms with van der Waals surface area (Å²) >= 11 is 3.49. The highest BCUT2D eigenvalue weighted by Gasteiger charge is 2.23. The number of hydrogen-bond donors (Lipinski definition) is 2. The van der Waals surface area contributed by atoms with Gasteiger partial charge in [-0.2, -0.15) is 10.1 Å². The van der Waals surface area contributed by atoms with E-state index in [1.165, 1.54) is 13.2 Å². The average molecular weight is 657 g/mol. The highest BCUT2D eigenvalue weighted by molar-refractivity contribution is 9.10. The normalized spacial score (nSPS) is 12.0. The summed E-state index contributed by atoms with van der Waals surface area (Å²) < 4.78 is 46.3. The lowest BCUT2D eigenvalue weighted by Crippen LogP contribution is -2.14. The van der Waals surface area contributed by atoms with E-state index in [0.29, 0.717) is 49.1 Å². The predicted octanol–water partition coefficient (Wildman–Crippen LogP) is 4.73. The molecule has 0 radical (unpaired) electrons. The van der Waals surface area contributed by atoms with Gasteiger partial charge in [-0.05, 0) is 47.5 Å². The van der Waals surface area contributed by atoms with Crippen LogP contribution in [-0.4, -0.2) is 64.8 Å². The van der Waals surface area contributed by atoms with Gasteiger partial charge in [0.25, 0.3) is 0 Å². The Kier molecular flexibility index (Phi) is 7.58. The summed E-state index contributed by atoms with van der Waals surface area (Å²) in [6, 6.07) is 6.71. The van der Waals surface area contributed by atoms with Crippen LogP contribution in [0.5, 0.6) is 5.75 Å². The summed E-state index contributed by atoms with van der Waals surface area (Å²) in [5.41, 5.74) is 3.27. The molecule has 2 aromatic carbocycles. The maximum absolute atomic E-state index is 13.3. The van der Waals surface area contributed by atoms with Crippen LogP contribution in [0, 0.1) is 0 Å². The van der Waals surface area contributed by atoms with Gasteiger partial charge in [0, 0.05) is 55.3 Å². The second kappa shape index (κ2) is 10.8. The standard InChI is InChI=1S/C26H26BrN8O4PS/c1-35-14-15(12-31-35)16-10-20(21(39-2)11-22(16)41(5,37)38)33-26-30-13-17(27)25(34-26)32-19-7-6-18-23(29-9-8-28-18)24(19)40(3,4)36/h6-14H,1-5H3,(H2,30,32,33,34). The molecule has 0 fully saturated rings. The molecule has 0 unspecified atom stereocenters. The molecular formula is C26H26BrN8O4PS. The van der Waals surface area contributed by atoms with Gasteiger partial charge >= 0.3 is 0 Å². The Morgan fingerprint density at radius 1 is 1.02 bits per heavy atom. The van der Waals surface area contributed by atoms with E-state index < -0.39 is 17.0 Å². The molecular weight excluding hydrogens is 631 g/mol. The third-order valence-corrected chi connectivity index (χ3v) is 9.36. The SMILES string of the molecule is COc1cc(S(C)(=O)=O)c(-c2cnn(C)c2)cc1Nc1ncc(Br)c(Nc2ccc3nccnc3c2P(C)(C)=O)n1. The molecule has 15 heteroatoms. The molecule has 0 aliphatic heterocycles. The summed E-state index contributed by atoms with van der Waals surface area (Å²) in [6.45, 7) is 3.35.